The Kier molecular flexibility index (Phi) is 2.98. The summed E-state index contributed by atoms with van der Waals surface area (Å²) in [7, 11) is 0. The quantitative estimate of drug-likeness (QED) is 0.740. The fourth-order valence-electron chi connectivity index (χ4n) is 0.876. The minimum absolute atomic E-state index is 0.186. The van der Waals surface area contributed by atoms with E-state index >= 15 is 0 Å². The highest BCUT2D eigenvalue weighted by molar-refractivity contribution is 5.46. The topological polar surface area (TPSA) is 74.2 Å². The number of nitrogen functional groups attached to an aromatic ring is 1. The van der Waals surface area contributed by atoms with Crippen molar-refractivity contribution >= 4 is 5.69 Å². The molecule has 0 aliphatic carbocycles. The van der Waals surface area contributed by atoms with Gasteiger partial charge in [0.2, 0.25) is 5.88 Å². The molecule has 0 unspecified atom stereocenters. The Bertz CT molecular complexity index is 366. The van der Waals surface area contributed by atoms with Crippen LogP contribution in [0.4, 0.5) is 23.2 Å². The maximum absolute atomic E-state index is 12.9. The number of hydrogen-bond donors (Lipinski definition) is 2. The lowest BCUT2D eigenvalue weighted by atomic mass is 10.3. The van der Waals surface area contributed by atoms with Crippen molar-refractivity contribution in [1.82, 2.24) is 4.98 Å². The van der Waals surface area contributed by atoms with Gasteiger partial charge in [-0.25, -0.2) is 9.37 Å². The van der Waals surface area contributed by atoms with Crippen molar-refractivity contribution in [2.75, 3.05) is 5.73 Å². The zero-order chi connectivity index (χ0) is 11.6. The summed E-state index contributed by atoms with van der Waals surface area (Å²) in [6.45, 7) is -0.280. The van der Waals surface area contributed by atoms with Gasteiger partial charge in [-0.1, -0.05) is 0 Å². The minimum Gasteiger partial charge on any atom is -0.395 e. The molecular formula is C7H7F4N3O. The van der Waals surface area contributed by atoms with E-state index in [0.717, 1.165) is 0 Å². The van der Waals surface area contributed by atoms with Crippen LogP contribution in [0.2, 0.25) is 0 Å². The second-order valence-corrected chi connectivity index (χ2v) is 2.55. The van der Waals surface area contributed by atoms with Crippen LogP contribution in [-0.4, -0.2) is 11.3 Å². The predicted octanol–water partition coefficient (Wildman–Crippen LogP) is 1.16. The number of aromatic nitrogens is 1. The molecule has 0 fully saturated rings. The number of alkyl halides is 3. The molecule has 0 saturated carbocycles. The highest BCUT2D eigenvalue weighted by Gasteiger charge is 2.32. The summed E-state index contributed by atoms with van der Waals surface area (Å²) in [4.78, 5) is 3.30. The van der Waals surface area contributed by atoms with Gasteiger partial charge in [0.25, 0.3) is 0 Å². The van der Waals surface area contributed by atoms with Gasteiger partial charge in [0, 0.05) is 12.6 Å². The van der Waals surface area contributed by atoms with Crippen molar-refractivity contribution in [2.24, 2.45) is 5.73 Å². The first-order chi connectivity index (χ1) is 6.83. The summed E-state index contributed by atoms with van der Waals surface area (Å²) in [5.41, 5.74) is 9.71. The number of halogens is 4. The first-order valence-corrected chi connectivity index (χ1v) is 3.74. The molecule has 4 N–H and O–H groups in total. The third kappa shape index (κ3) is 2.94. The number of ether oxygens (including phenoxy) is 1. The molecule has 0 amide bonds. The van der Waals surface area contributed by atoms with E-state index in [1.807, 2.05) is 0 Å². The van der Waals surface area contributed by atoms with Crippen LogP contribution in [0, 0.1) is 5.82 Å². The predicted molar refractivity (Wildman–Crippen MR) is 43.2 cm³/mol. The number of nitrogens with zero attached hydrogens (tertiary/aromatic N) is 1. The average Bonchev–Trinajstić information content (AvgIpc) is 2.08. The van der Waals surface area contributed by atoms with E-state index in [0.29, 0.717) is 6.07 Å². The van der Waals surface area contributed by atoms with Crippen LogP contribution in [0.15, 0.2) is 6.07 Å². The number of anilines is 1. The second-order valence-electron chi connectivity index (χ2n) is 2.55. The van der Waals surface area contributed by atoms with E-state index < -0.39 is 18.1 Å². The minimum atomic E-state index is -4.93. The zero-order valence-corrected chi connectivity index (χ0v) is 7.31. The van der Waals surface area contributed by atoms with Crippen LogP contribution in [0.5, 0.6) is 5.88 Å². The molecule has 1 aromatic rings. The van der Waals surface area contributed by atoms with Gasteiger partial charge in [-0.3, -0.25) is 0 Å². The molecule has 1 heterocycles. The van der Waals surface area contributed by atoms with Gasteiger partial charge >= 0.3 is 6.36 Å². The first kappa shape index (κ1) is 11.5. The van der Waals surface area contributed by atoms with Crippen LogP contribution in [0.25, 0.3) is 0 Å². The number of nitrogens with two attached hydrogens (primary N) is 2. The molecule has 15 heavy (non-hydrogen) atoms. The monoisotopic (exact) mass is 225 g/mol. The van der Waals surface area contributed by atoms with Crippen molar-refractivity contribution < 1.29 is 22.3 Å². The molecule has 4 nitrogen and oxygen atoms in total. The van der Waals surface area contributed by atoms with Crippen LogP contribution in [-0.2, 0) is 6.54 Å². The Morgan fingerprint density at radius 2 is 2.00 bits per heavy atom. The summed E-state index contributed by atoms with van der Waals surface area (Å²) >= 11 is 0. The van der Waals surface area contributed by atoms with E-state index in [1.54, 1.807) is 0 Å². The van der Waals surface area contributed by atoms with Gasteiger partial charge in [-0.05, 0) is 0 Å². The number of pyridine rings is 1. The first-order valence-electron chi connectivity index (χ1n) is 3.74. The molecule has 0 aromatic carbocycles. The molecule has 1 rings (SSSR count). The molecule has 0 aliphatic heterocycles. The fraction of sp³-hybridized carbons (Fsp3) is 0.286. The van der Waals surface area contributed by atoms with E-state index in [-0.39, 0.29) is 17.9 Å². The zero-order valence-electron chi connectivity index (χ0n) is 7.31. The van der Waals surface area contributed by atoms with Crippen molar-refractivity contribution in [1.29, 1.82) is 0 Å². The van der Waals surface area contributed by atoms with Crippen molar-refractivity contribution in [2.45, 2.75) is 12.9 Å². The summed E-state index contributed by atoms with van der Waals surface area (Å²) in [5.74, 6) is -1.97. The van der Waals surface area contributed by atoms with Crippen LogP contribution in [0.1, 0.15) is 5.69 Å². The maximum Gasteiger partial charge on any atom is 0.574 e. The van der Waals surface area contributed by atoms with Crippen molar-refractivity contribution in [3.05, 3.63) is 17.6 Å². The molecule has 0 aliphatic rings. The molecule has 84 valence electrons. The SMILES string of the molecule is NCc1nc(OC(F)(F)F)cc(F)c1N. The Labute approximate surface area is 81.8 Å². The molecule has 0 bridgehead atoms. The van der Waals surface area contributed by atoms with Gasteiger partial charge in [-0.15, -0.1) is 13.2 Å². The van der Waals surface area contributed by atoms with Gasteiger partial charge < -0.3 is 16.2 Å². The highest BCUT2D eigenvalue weighted by Crippen LogP contribution is 2.24. The van der Waals surface area contributed by atoms with E-state index in [1.165, 1.54) is 0 Å². The number of hydrogen-bond acceptors (Lipinski definition) is 4. The van der Waals surface area contributed by atoms with Gasteiger partial charge in [0.1, 0.15) is 0 Å². The van der Waals surface area contributed by atoms with Crippen LogP contribution in [0.3, 0.4) is 0 Å². The van der Waals surface area contributed by atoms with Gasteiger partial charge in [0.05, 0.1) is 11.4 Å². The Balaban J connectivity index is 3.06. The van der Waals surface area contributed by atoms with Gasteiger partial charge in [0.15, 0.2) is 5.82 Å². The maximum atomic E-state index is 12.9. The Morgan fingerprint density at radius 3 is 2.47 bits per heavy atom. The smallest absolute Gasteiger partial charge is 0.395 e. The summed E-state index contributed by atoms with van der Waals surface area (Å²) in [5, 5.41) is 0. The van der Waals surface area contributed by atoms with E-state index in [2.05, 4.69) is 9.72 Å². The Hall–Kier alpha value is -1.57. The average molecular weight is 225 g/mol. The van der Waals surface area contributed by atoms with Gasteiger partial charge in [-0.2, -0.15) is 0 Å². The van der Waals surface area contributed by atoms with Crippen molar-refractivity contribution in [3.63, 3.8) is 0 Å². The molecule has 0 atom stereocenters. The third-order valence-electron chi connectivity index (χ3n) is 1.48. The summed E-state index contributed by atoms with van der Waals surface area (Å²) in [6, 6.07) is 0.446. The Morgan fingerprint density at radius 1 is 1.40 bits per heavy atom. The molecule has 8 heteroatoms. The molecular weight excluding hydrogens is 218 g/mol. The van der Waals surface area contributed by atoms with Crippen molar-refractivity contribution in [3.8, 4) is 5.88 Å². The van der Waals surface area contributed by atoms with E-state index in [4.69, 9.17) is 11.5 Å². The van der Waals surface area contributed by atoms with E-state index in [9.17, 15) is 17.6 Å². The van der Waals surface area contributed by atoms with Crippen LogP contribution >= 0.6 is 0 Å². The largest absolute Gasteiger partial charge is 0.574 e. The molecule has 1 aromatic heterocycles. The standard InChI is InChI=1S/C7H7F4N3O/c8-3-1-5(15-7(9,10)11)14-4(2-12)6(3)13/h1H,2,12-13H2. The third-order valence-corrected chi connectivity index (χ3v) is 1.48. The number of rotatable bonds is 2. The molecule has 0 radical (unpaired) electrons. The second kappa shape index (κ2) is 3.89. The normalized spacial score (nSPS) is 11.5. The lowest BCUT2D eigenvalue weighted by Gasteiger charge is -2.10. The molecule has 0 saturated heterocycles. The van der Waals surface area contributed by atoms with Crippen LogP contribution < -0.4 is 16.2 Å². The lowest BCUT2D eigenvalue weighted by Crippen LogP contribution is -2.19. The fourth-order valence-corrected chi connectivity index (χ4v) is 0.876. The highest BCUT2D eigenvalue weighted by atomic mass is 19.4. The summed E-state index contributed by atoms with van der Waals surface area (Å²) in [6.07, 6.45) is -4.93. The lowest BCUT2D eigenvalue weighted by molar-refractivity contribution is -0.276. The molecule has 0 spiro atoms. The summed E-state index contributed by atoms with van der Waals surface area (Å²) < 4.78 is 51.6.